The normalized spacial score (nSPS) is 12.5. The SMILES string of the molecule is CCOCCN(C)CC(NC)c1cc(OC)ccc1OC. The number of ether oxygens (including phenoxy) is 3. The molecule has 0 fully saturated rings. The topological polar surface area (TPSA) is 43.0 Å². The first kappa shape index (κ1) is 17.8. The summed E-state index contributed by atoms with van der Waals surface area (Å²) in [6.45, 7) is 5.29. The van der Waals surface area contributed by atoms with Crippen LogP contribution in [-0.4, -0.2) is 59.5 Å². The van der Waals surface area contributed by atoms with Crippen molar-refractivity contribution in [3.05, 3.63) is 23.8 Å². The number of nitrogens with one attached hydrogen (secondary N) is 1. The van der Waals surface area contributed by atoms with E-state index in [1.54, 1.807) is 14.2 Å². The Hall–Kier alpha value is -1.30. The standard InChI is InChI=1S/C16H28N2O3/c1-6-21-10-9-18(3)12-15(17-2)14-11-13(19-4)7-8-16(14)20-5/h7-8,11,15,17H,6,9-10,12H2,1-5H3. The molecule has 0 aliphatic carbocycles. The number of nitrogens with zero attached hydrogens (tertiary/aromatic N) is 1. The van der Waals surface area contributed by atoms with Crippen molar-refractivity contribution in [2.75, 3.05) is 54.6 Å². The molecule has 0 spiro atoms. The molecular formula is C16H28N2O3. The van der Waals surface area contributed by atoms with Crippen LogP contribution in [0.3, 0.4) is 0 Å². The maximum atomic E-state index is 5.47. The molecule has 0 bridgehead atoms. The summed E-state index contributed by atoms with van der Waals surface area (Å²) in [6.07, 6.45) is 0. The minimum Gasteiger partial charge on any atom is -0.497 e. The fraction of sp³-hybridized carbons (Fsp3) is 0.625. The molecule has 1 aromatic carbocycles. The van der Waals surface area contributed by atoms with Gasteiger partial charge < -0.3 is 24.4 Å². The van der Waals surface area contributed by atoms with Crippen LogP contribution in [0.4, 0.5) is 0 Å². The molecule has 0 saturated carbocycles. The minimum atomic E-state index is 0.168. The molecule has 0 radical (unpaired) electrons. The Morgan fingerprint density at radius 2 is 2.00 bits per heavy atom. The highest BCUT2D eigenvalue weighted by atomic mass is 16.5. The van der Waals surface area contributed by atoms with E-state index in [0.29, 0.717) is 0 Å². The molecule has 1 aromatic rings. The Bertz CT molecular complexity index is 413. The van der Waals surface area contributed by atoms with Crippen LogP contribution in [0, 0.1) is 0 Å². The lowest BCUT2D eigenvalue weighted by atomic mass is 10.0. The van der Waals surface area contributed by atoms with Gasteiger partial charge in [-0.3, -0.25) is 0 Å². The first-order valence-electron chi connectivity index (χ1n) is 7.31. The Morgan fingerprint density at radius 3 is 2.57 bits per heavy atom. The molecule has 0 heterocycles. The largest absolute Gasteiger partial charge is 0.497 e. The Balaban J connectivity index is 2.78. The van der Waals surface area contributed by atoms with E-state index in [2.05, 4.69) is 17.3 Å². The molecule has 21 heavy (non-hydrogen) atoms. The van der Waals surface area contributed by atoms with Crippen molar-refractivity contribution in [3.63, 3.8) is 0 Å². The molecule has 5 nitrogen and oxygen atoms in total. The van der Waals surface area contributed by atoms with Crippen LogP contribution in [0.1, 0.15) is 18.5 Å². The lowest BCUT2D eigenvalue weighted by molar-refractivity contribution is 0.119. The fourth-order valence-electron chi connectivity index (χ4n) is 2.22. The molecule has 1 N–H and O–H groups in total. The summed E-state index contributed by atoms with van der Waals surface area (Å²) < 4.78 is 16.2. The van der Waals surface area contributed by atoms with Crippen molar-refractivity contribution in [3.8, 4) is 11.5 Å². The van der Waals surface area contributed by atoms with E-state index in [-0.39, 0.29) is 6.04 Å². The van der Waals surface area contributed by atoms with Gasteiger partial charge in [0.05, 0.1) is 20.8 Å². The van der Waals surface area contributed by atoms with Gasteiger partial charge in [-0.15, -0.1) is 0 Å². The van der Waals surface area contributed by atoms with Gasteiger partial charge in [-0.1, -0.05) is 0 Å². The van der Waals surface area contributed by atoms with Crippen molar-refractivity contribution < 1.29 is 14.2 Å². The average Bonchev–Trinajstić information content (AvgIpc) is 2.52. The molecule has 1 rings (SSSR count). The van der Waals surface area contributed by atoms with E-state index in [4.69, 9.17) is 14.2 Å². The van der Waals surface area contributed by atoms with Crippen molar-refractivity contribution in [2.45, 2.75) is 13.0 Å². The summed E-state index contributed by atoms with van der Waals surface area (Å²) in [5.41, 5.74) is 1.10. The van der Waals surface area contributed by atoms with E-state index < -0.39 is 0 Å². The number of benzene rings is 1. The lowest BCUT2D eigenvalue weighted by Crippen LogP contribution is -2.33. The highest BCUT2D eigenvalue weighted by Crippen LogP contribution is 2.29. The predicted octanol–water partition coefficient (Wildman–Crippen LogP) is 1.93. The van der Waals surface area contributed by atoms with Crippen LogP contribution in [0.15, 0.2) is 18.2 Å². The second-order valence-corrected chi connectivity index (χ2v) is 4.91. The lowest BCUT2D eigenvalue weighted by Gasteiger charge is -2.25. The first-order chi connectivity index (χ1) is 10.2. The number of rotatable bonds is 10. The monoisotopic (exact) mass is 296 g/mol. The summed E-state index contributed by atoms with van der Waals surface area (Å²) in [5.74, 6) is 1.70. The zero-order valence-corrected chi connectivity index (χ0v) is 13.8. The van der Waals surface area contributed by atoms with E-state index in [1.165, 1.54) is 0 Å². The van der Waals surface area contributed by atoms with Crippen LogP contribution in [0.25, 0.3) is 0 Å². The molecule has 0 aliphatic heterocycles. The van der Waals surface area contributed by atoms with Gasteiger partial charge in [0.1, 0.15) is 11.5 Å². The van der Waals surface area contributed by atoms with Gasteiger partial charge in [-0.2, -0.15) is 0 Å². The second kappa shape index (κ2) is 9.60. The van der Waals surface area contributed by atoms with Crippen LogP contribution in [-0.2, 0) is 4.74 Å². The van der Waals surface area contributed by atoms with Crippen molar-refractivity contribution in [1.29, 1.82) is 0 Å². The molecule has 0 aliphatic rings. The summed E-state index contributed by atoms with van der Waals surface area (Å²) in [7, 11) is 7.42. The average molecular weight is 296 g/mol. The van der Waals surface area contributed by atoms with Crippen molar-refractivity contribution >= 4 is 0 Å². The van der Waals surface area contributed by atoms with Gasteiger partial charge in [-0.05, 0) is 39.2 Å². The molecule has 1 atom stereocenters. The molecule has 0 aromatic heterocycles. The maximum Gasteiger partial charge on any atom is 0.123 e. The number of hydrogen-bond acceptors (Lipinski definition) is 5. The smallest absolute Gasteiger partial charge is 0.123 e. The van der Waals surface area contributed by atoms with Crippen molar-refractivity contribution in [2.24, 2.45) is 0 Å². The molecule has 0 saturated heterocycles. The molecule has 0 amide bonds. The van der Waals surface area contributed by atoms with E-state index in [0.717, 1.165) is 43.4 Å². The Labute approximate surface area is 128 Å². The van der Waals surface area contributed by atoms with Crippen LogP contribution < -0.4 is 14.8 Å². The highest BCUT2D eigenvalue weighted by Gasteiger charge is 2.17. The van der Waals surface area contributed by atoms with Gasteiger partial charge >= 0.3 is 0 Å². The number of hydrogen-bond donors (Lipinski definition) is 1. The Kier molecular flexibility index (Phi) is 8.12. The first-order valence-corrected chi connectivity index (χ1v) is 7.31. The molecular weight excluding hydrogens is 268 g/mol. The molecule has 5 heteroatoms. The third-order valence-corrected chi connectivity index (χ3v) is 3.48. The number of methoxy groups -OCH3 is 2. The Morgan fingerprint density at radius 1 is 1.24 bits per heavy atom. The fourth-order valence-corrected chi connectivity index (χ4v) is 2.22. The van der Waals surface area contributed by atoms with Gasteiger partial charge in [-0.25, -0.2) is 0 Å². The molecule has 1 unspecified atom stereocenters. The van der Waals surface area contributed by atoms with Crippen LogP contribution in [0.2, 0.25) is 0 Å². The van der Waals surface area contributed by atoms with Crippen LogP contribution in [0.5, 0.6) is 11.5 Å². The summed E-state index contributed by atoms with van der Waals surface area (Å²) in [6, 6.07) is 6.05. The van der Waals surface area contributed by atoms with Gasteiger partial charge in [0.25, 0.3) is 0 Å². The van der Waals surface area contributed by atoms with Gasteiger partial charge in [0.15, 0.2) is 0 Å². The minimum absolute atomic E-state index is 0.168. The summed E-state index contributed by atoms with van der Waals surface area (Å²) in [4.78, 5) is 2.25. The third-order valence-electron chi connectivity index (χ3n) is 3.48. The quantitative estimate of drug-likeness (QED) is 0.668. The van der Waals surface area contributed by atoms with Crippen LogP contribution >= 0.6 is 0 Å². The maximum absolute atomic E-state index is 5.47. The van der Waals surface area contributed by atoms with E-state index >= 15 is 0 Å². The molecule has 120 valence electrons. The van der Waals surface area contributed by atoms with Gasteiger partial charge in [0.2, 0.25) is 0 Å². The number of likely N-dealkylation sites (N-methyl/N-ethyl adjacent to an activating group) is 2. The summed E-state index contributed by atoms with van der Waals surface area (Å²) >= 11 is 0. The van der Waals surface area contributed by atoms with E-state index in [1.807, 2.05) is 32.2 Å². The zero-order valence-electron chi connectivity index (χ0n) is 13.8. The van der Waals surface area contributed by atoms with Crippen molar-refractivity contribution in [1.82, 2.24) is 10.2 Å². The summed E-state index contributed by atoms with van der Waals surface area (Å²) in [5, 5.41) is 3.35. The highest BCUT2D eigenvalue weighted by molar-refractivity contribution is 5.42. The zero-order chi connectivity index (χ0) is 15.7. The third kappa shape index (κ3) is 5.53. The van der Waals surface area contributed by atoms with E-state index in [9.17, 15) is 0 Å². The second-order valence-electron chi connectivity index (χ2n) is 4.91. The predicted molar refractivity (Wildman–Crippen MR) is 85.3 cm³/mol. The van der Waals surface area contributed by atoms with Gasteiger partial charge in [0, 0.05) is 31.3 Å².